The predicted octanol–water partition coefficient (Wildman–Crippen LogP) is 4.64. The number of rotatable bonds is 7. The maximum atomic E-state index is 14.3. The van der Waals surface area contributed by atoms with E-state index in [2.05, 4.69) is 6.58 Å². The average molecular weight is 804 g/mol. The van der Waals surface area contributed by atoms with Crippen LogP contribution < -0.4 is 0 Å². The van der Waals surface area contributed by atoms with Crippen LogP contribution in [0.4, 0.5) is 0 Å². The van der Waals surface area contributed by atoms with Gasteiger partial charge in [0.1, 0.15) is 24.0 Å². The summed E-state index contributed by atoms with van der Waals surface area (Å²) < 4.78 is 29.7. The van der Waals surface area contributed by atoms with Crippen LogP contribution in [0.1, 0.15) is 105 Å². The summed E-state index contributed by atoms with van der Waals surface area (Å²) in [5.41, 5.74) is 1.61. The zero-order chi connectivity index (χ0) is 42.2. The van der Waals surface area contributed by atoms with Gasteiger partial charge in [0, 0.05) is 52.0 Å². The van der Waals surface area contributed by atoms with E-state index in [0.29, 0.717) is 56.9 Å². The van der Waals surface area contributed by atoms with Crippen molar-refractivity contribution >= 4 is 23.4 Å². The first-order valence-corrected chi connectivity index (χ1v) is 20.9. The number of fused-ring (bicyclic) bond motifs is 3. The van der Waals surface area contributed by atoms with E-state index >= 15 is 0 Å². The van der Waals surface area contributed by atoms with Gasteiger partial charge in [0.25, 0.3) is 11.7 Å². The molecule has 4 aliphatic rings. The molecule has 1 aliphatic carbocycles. The Morgan fingerprint density at radius 3 is 2.25 bits per heavy atom. The van der Waals surface area contributed by atoms with Crippen molar-refractivity contribution in [3.63, 3.8) is 0 Å². The third-order valence-corrected chi connectivity index (χ3v) is 12.9. The Morgan fingerprint density at radius 1 is 0.930 bits per heavy atom. The van der Waals surface area contributed by atoms with E-state index in [1.54, 1.807) is 27.0 Å². The molecule has 57 heavy (non-hydrogen) atoms. The van der Waals surface area contributed by atoms with E-state index in [4.69, 9.17) is 23.7 Å². The van der Waals surface area contributed by atoms with Crippen molar-refractivity contribution in [3.05, 3.63) is 36.0 Å². The lowest BCUT2D eigenvalue weighted by Gasteiger charge is -2.47. The van der Waals surface area contributed by atoms with Crippen LogP contribution in [-0.4, -0.2) is 126 Å². The van der Waals surface area contributed by atoms with Crippen LogP contribution in [0.3, 0.4) is 0 Å². The molecule has 0 unspecified atom stereocenters. The monoisotopic (exact) mass is 803 g/mol. The van der Waals surface area contributed by atoms with Crippen molar-refractivity contribution in [2.24, 2.45) is 29.6 Å². The van der Waals surface area contributed by atoms with Crippen molar-refractivity contribution in [1.82, 2.24) is 4.90 Å². The number of piperidine rings is 1. The van der Waals surface area contributed by atoms with Crippen molar-refractivity contribution < 1.29 is 58.2 Å². The minimum atomic E-state index is -2.51. The van der Waals surface area contributed by atoms with Gasteiger partial charge >= 0.3 is 5.97 Å². The molecular weight excluding hydrogens is 734 g/mol. The maximum Gasteiger partial charge on any atom is 0.329 e. The van der Waals surface area contributed by atoms with Gasteiger partial charge in [-0.05, 0) is 95.5 Å². The topological polar surface area (TPSA) is 178 Å². The lowest BCUT2D eigenvalue weighted by atomic mass is 9.81. The summed E-state index contributed by atoms with van der Waals surface area (Å²) in [6, 6.07) is -1.14. The van der Waals surface area contributed by atoms with E-state index in [-0.39, 0.29) is 49.5 Å². The highest BCUT2D eigenvalue weighted by atomic mass is 16.7. The summed E-state index contributed by atoms with van der Waals surface area (Å²) >= 11 is 0. The molecule has 0 aromatic heterocycles. The number of amides is 1. The molecule has 1 amide bonds. The van der Waals surface area contributed by atoms with Gasteiger partial charge in [0.2, 0.25) is 5.79 Å². The molecule has 13 nitrogen and oxygen atoms in total. The van der Waals surface area contributed by atoms with Gasteiger partial charge in [-0.2, -0.15) is 0 Å². The molecule has 322 valence electrons. The molecule has 2 bridgehead atoms. The third-order valence-electron chi connectivity index (χ3n) is 12.9. The molecule has 3 N–H and O–H groups in total. The normalized spacial score (nSPS) is 41.0. The van der Waals surface area contributed by atoms with Gasteiger partial charge < -0.3 is 43.9 Å². The Hall–Kier alpha value is -2.78. The quantitative estimate of drug-likeness (QED) is 0.185. The van der Waals surface area contributed by atoms with E-state index in [1.165, 1.54) is 19.1 Å². The molecule has 3 heterocycles. The number of nitrogens with zero attached hydrogens (tertiary/aromatic N) is 1. The number of carbonyl (C=O) groups excluding carboxylic acids is 4. The largest absolute Gasteiger partial charge is 0.456 e. The van der Waals surface area contributed by atoms with E-state index in [0.717, 1.165) is 5.57 Å². The van der Waals surface area contributed by atoms with E-state index in [1.807, 2.05) is 32.9 Å². The molecule has 1 saturated carbocycles. The van der Waals surface area contributed by atoms with Crippen molar-refractivity contribution in [2.75, 3.05) is 27.9 Å². The smallest absolute Gasteiger partial charge is 0.329 e. The molecular formula is C44H69NO12. The summed E-state index contributed by atoms with van der Waals surface area (Å²) in [6.07, 6.45) is 4.93. The van der Waals surface area contributed by atoms with Crippen LogP contribution in [0, 0.1) is 29.6 Å². The fourth-order valence-electron chi connectivity index (χ4n) is 9.42. The Morgan fingerprint density at radius 2 is 1.60 bits per heavy atom. The fraction of sp³-hybridized carbons (Fsp3) is 0.773. The summed E-state index contributed by atoms with van der Waals surface area (Å²) in [4.78, 5) is 57.8. The van der Waals surface area contributed by atoms with Crippen LogP contribution in [0.25, 0.3) is 0 Å². The molecule has 0 aromatic carbocycles. The highest BCUT2D eigenvalue weighted by Gasteiger charge is 2.56. The second-order valence-corrected chi connectivity index (χ2v) is 17.3. The highest BCUT2D eigenvalue weighted by molar-refractivity contribution is 6.39. The second-order valence-electron chi connectivity index (χ2n) is 17.3. The van der Waals surface area contributed by atoms with E-state index in [9.17, 15) is 34.5 Å². The molecule has 3 aliphatic heterocycles. The number of allylic oxidation sites excluding steroid dienone is 4. The Bertz CT molecular complexity index is 1480. The molecule has 14 atom stereocenters. The van der Waals surface area contributed by atoms with Gasteiger partial charge in [-0.3, -0.25) is 14.4 Å². The lowest BCUT2D eigenvalue weighted by molar-refractivity contribution is -0.302. The minimum Gasteiger partial charge on any atom is -0.456 e. The van der Waals surface area contributed by atoms with Crippen molar-refractivity contribution in [1.29, 1.82) is 0 Å². The minimum absolute atomic E-state index is 0.00988. The fourth-order valence-corrected chi connectivity index (χ4v) is 9.42. The molecule has 4 rings (SSSR count). The number of esters is 1. The van der Waals surface area contributed by atoms with Crippen LogP contribution in [0.15, 0.2) is 36.0 Å². The van der Waals surface area contributed by atoms with Gasteiger partial charge in [-0.15, -0.1) is 6.58 Å². The number of Topliss-reactive ketones (excluding diaryl/α,β-unsaturated/α-hetero) is 2. The number of aliphatic hydroxyl groups is 3. The van der Waals surface area contributed by atoms with Gasteiger partial charge in [-0.1, -0.05) is 44.6 Å². The summed E-state index contributed by atoms with van der Waals surface area (Å²) in [5, 5.41) is 34.1. The number of carbonyl (C=O) groups is 4. The van der Waals surface area contributed by atoms with Crippen LogP contribution >= 0.6 is 0 Å². The third kappa shape index (κ3) is 11.3. The first-order chi connectivity index (χ1) is 27.0. The number of ketones is 2. The first-order valence-electron chi connectivity index (χ1n) is 20.9. The lowest BCUT2D eigenvalue weighted by Crippen LogP contribution is -2.64. The average Bonchev–Trinajstić information content (AvgIpc) is 3.18. The predicted molar refractivity (Wildman–Crippen MR) is 213 cm³/mol. The highest BCUT2D eigenvalue weighted by Crippen LogP contribution is 2.39. The van der Waals surface area contributed by atoms with Crippen molar-refractivity contribution in [3.8, 4) is 0 Å². The molecule has 0 spiro atoms. The van der Waals surface area contributed by atoms with Crippen LogP contribution in [0.5, 0.6) is 0 Å². The first kappa shape index (κ1) is 46.9. The second kappa shape index (κ2) is 21.0. The van der Waals surface area contributed by atoms with Gasteiger partial charge in [0.05, 0.1) is 30.5 Å². The number of cyclic esters (lactones) is 1. The Kier molecular flexibility index (Phi) is 17.2. The molecule has 13 heteroatoms. The van der Waals surface area contributed by atoms with Gasteiger partial charge in [-0.25, -0.2) is 4.79 Å². The van der Waals surface area contributed by atoms with Gasteiger partial charge in [0.15, 0.2) is 0 Å². The zero-order valence-corrected chi connectivity index (χ0v) is 35.4. The SMILES string of the molecule is C=CC[C@@H]1/C=C(\C)C[C@H](C)C[C@H](OC)[C@H]2O[C@@](O)(C(=O)C(=O)N3CCCC[C@@H]3C(=O)O[C@H](/C(C)=C/[C@@H]3CC[C@H](O)[C@H](OC)C3)[C@H](C)[C@H](O)CC1=O)[C@H](C)C[C@H]2OC. The molecule has 0 aromatic rings. The Labute approximate surface area is 339 Å². The standard InChI is InChI=1S/C44H69NO12/c1-10-13-31-19-25(2)18-26(3)20-37(54-8)40-38(55-9)22-28(5)44(52,57-40)41(49)42(50)45-17-12-11-14-32(45)43(51)56-39(29(6)34(47)24-35(31)48)27(4)21-30-15-16-33(46)36(23-30)53-7/h10,19,21,26,28-34,36-40,46-47,52H,1,11-18,20,22-24H2,2-9H3/b25-19+,27-21+/t26-,28+,29+,30-,31+,32+,33-,34+,36+,37-,38+,39+,40+,44+/m0/s1. The molecule has 3 fully saturated rings. The number of aliphatic hydroxyl groups excluding tert-OH is 2. The molecule has 0 radical (unpaired) electrons. The zero-order valence-electron chi connectivity index (χ0n) is 35.4. The number of hydrogen-bond acceptors (Lipinski definition) is 12. The maximum absolute atomic E-state index is 14.3. The van der Waals surface area contributed by atoms with Crippen LogP contribution in [0.2, 0.25) is 0 Å². The van der Waals surface area contributed by atoms with Crippen molar-refractivity contribution in [2.45, 2.75) is 160 Å². The summed E-state index contributed by atoms with van der Waals surface area (Å²) in [7, 11) is 4.61. The van der Waals surface area contributed by atoms with Crippen LogP contribution in [-0.2, 0) is 42.9 Å². The summed E-state index contributed by atoms with van der Waals surface area (Å²) in [6.45, 7) is 13.1. The molecule has 2 saturated heterocycles. The number of ether oxygens (including phenoxy) is 5. The number of methoxy groups -OCH3 is 3. The Balaban J connectivity index is 1.78. The summed E-state index contributed by atoms with van der Waals surface area (Å²) in [5.74, 6) is -7.76. The van der Waals surface area contributed by atoms with E-state index < -0.39 is 83.9 Å². The number of hydrogen-bond donors (Lipinski definition) is 3.